The van der Waals surface area contributed by atoms with Gasteiger partial charge in [-0.2, -0.15) is 0 Å². The van der Waals surface area contributed by atoms with Gasteiger partial charge < -0.3 is 20.4 Å². The first-order valence-corrected chi connectivity index (χ1v) is 5.31. The van der Waals surface area contributed by atoms with Gasteiger partial charge in [0.05, 0.1) is 7.11 Å². The highest BCUT2D eigenvalue weighted by Crippen LogP contribution is 2.13. The first-order valence-electron chi connectivity index (χ1n) is 5.31. The largest absolute Gasteiger partial charge is 0.468 e. The summed E-state index contributed by atoms with van der Waals surface area (Å²) in [5.74, 6) is 1.64. The Bertz CT molecular complexity index is 512. The maximum atomic E-state index is 11.0. The lowest BCUT2D eigenvalue weighted by Gasteiger charge is -2.06. The number of hydrogen-bond donors (Lipinski definition) is 3. The van der Waals surface area contributed by atoms with Crippen LogP contribution in [0, 0.1) is 0 Å². The minimum absolute atomic E-state index is 0.0649. The SMILES string of the molecule is COC(=O)CNc1cc(Nc2ccc[nH]2)ncn1. The van der Waals surface area contributed by atoms with Crippen molar-refractivity contribution in [2.75, 3.05) is 24.3 Å². The lowest BCUT2D eigenvalue weighted by molar-refractivity contribution is -0.138. The smallest absolute Gasteiger partial charge is 0.325 e. The molecule has 0 amide bonds. The maximum absolute atomic E-state index is 11.0. The van der Waals surface area contributed by atoms with Crippen molar-refractivity contribution in [2.24, 2.45) is 0 Å². The predicted molar refractivity (Wildman–Crippen MR) is 66.6 cm³/mol. The van der Waals surface area contributed by atoms with Crippen molar-refractivity contribution in [2.45, 2.75) is 0 Å². The molecular weight excluding hydrogens is 234 g/mol. The molecule has 0 radical (unpaired) electrons. The summed E-state index contributed by atoms with van der Waals surface area (Å²) in [5.41, 5.74) is 0. The number of ether oxygens (including phenoxy) is 1. The Morgan fingerprint density at radius 1 is 1.44 bits per heavy atom. The molecule has 3 N–H and O–H groups in total. The summed E-state index contributed by atoms with van der Waals surface area (Å²) in [5, 5.41) is 5.90. The molecule has 18 heavy (non-hydrogen) atoms. The van der Waals surface area contributed by atoms with Gasteiger partial charge >= 0.3 is 5.97 Å². The van der Waals surface area contributed by atoms with E-state index in [1.165, 1.54) is 13.4 Å². The molecule has 0 aromatic carbocycles. The van der Waals surface area contributed by atoms with Crippen molar-refractivity contribution in [3.8, 4) is 0 Å². The third kappa shape index (κ3) is 3.21. The minimum atomic E-state index is -0.354. The first-order chi connectivity index (χ1) is 8.78. The average Bonchev–Trinajstić information content (AvgIpc) is 2.89. The quantitative estimate of drug-likeness (QED) is 0.686. The van der Waals surface area contributed by atoms with Gasteiger partial charge in [-0.15, -0.1) is 0 Å². The Hall–Kier alpha value is -2.57. The summed E-state index contributed by atoms with van der Waals surface area (Å²) < 4.78 is 4.52. The van der Waals surface area contributed by atoms with Crippen LogP contribution in [0.15, 0.2) is 30.7 Å². The summed E-state index contributed by atoms with van der Waals surface area (Å²) in [6, 6.07) is 5.45. The second-order valence-electron chi connectivity index (χ2n) is 3.43. The predicted octanol–water partition coefficient (Wildman–Crippen LogP) is 1.13. The van der Waals surface area contributed by atoms with Gasteiger partial charge in [-0.05, 0) is 12.1 Å². The second kappa shape index (κ2) is 5.67. The molecule has 0 atom stereocenters. The first kappa shape index (κ1) is 11.9. The third-order valence-electron chi connectivity index (χ3n) is 2.17. The van der Waals surface area contributed by atoms with E-state index in [0.29, 0.717) is 11.6 Å². The van der Waals surface area contributed by atoms with E-state index >= 15 is 0 Å². The van der Waals surface area contributed by atoms with Gasteiger partial charge in [-0.1, -0.05) is 0 Å². The number of esters is 1. The van der Waals surface area contributed by atoms with E-state index in [9.17, 15) is 4.79 Å². The normalized spacial score (nSPS) is 9.83. The number of nitrogens with one attached hydrogen (secondary N) is 3. The Morgan fingerprint density at radius 3 is 3.00 bits per heavy atom. The lowest BCUT2D eigenvalue weighted by Crippen LogP contribution is -2.15. The van der Waals surface area contributed by atoms with Crippen LogP contribution in [0.2, 0.25) is 0 Å². The topological polar surface area (TPSA) is 91.9 Å². The zero-order valence-electron chi connectivity index (χ0n) is 9.80. The number of aromatic nitrogens is 3. The third-order valence-corrected chi connectivity index (χ3v) is 2.17. The van der Waals surface area contributed by atoms with Crippen molar-refractivity contribution in [3.63, 3.8) is 0 Å². The van der Waals surface area contributed by atoms with Crippen LogP contribution in [-0.4, -0.2) is 34.6 Å². The highest BCUT2D eigenvalue weighted by molar-refractivity contribution is 5.74. The number of methoxy groups -OCH3 is 1. The van der Waals surface area contributed by atoms with Crippen LogP contribution in [0.25, 0.3) is 0 Å². The molecule has 0 bridgehead atoms. The minimum Gasteiger partial charge on any atom is -0.468 e. The van der Waals surface area contributed by atoms with Gasteiger partial charge in [0, 0.05) is 12.3 Å². The van der Waals surface area contributed by atoms with Crippen molar-refractivity contribution in [3.05, 3.63) is 30.7 Å². The van der Waals surface area contributed by atoms with Gasteiger partial charge in [0.1, 0.15) is 30.3 Å². The Kier molecular flexibility index (Phi) is 3.75. The van der Waals surface area contributed by atoms with Crippen LogP contribution in [0.3, 0.4) is 0 Å². The van der Waals surface area contributed by atoms with Crippen molar-refractivity contribution < 1.29 is 9.53 Å². The van der Waals surface area contributed by atoms with Gasteiger partial charge in [-0.25, -0.2) is 9.97 Å². The summed E-state index contributed by atoms with van der Waals surface area (Å²) in [7, 11) is 1.34. The molecule has 0 fully saturated rings. The fourth-order valence-electron chi connectivity index (χ4n) is 1.30. The number of aromatic amines is 1. The Balaban J connectivity index is 1.99. The van der Waals surface area contributed by atoms with Crippen LogP contribution in [0.5, 0.6) is 0 Å². The van der Waals surface area contributed by atoms with Crippen LogP contribution in [0.4, 0.5) is 17.5 Å². The number of carbonyl (C=O) groups excluding carboxylic acids is 1. The van der Waals surface area contributed by atoms with E-state index in [2.05, 4.69) is 30.3 Å². The van der Waals surface area contributed by atoms with E-state index in [1.807, 2.05) is 12.1 Å². The fraction of sp³-hybridized carbons (Fsp3) is 0.182. The van der Waals surface area contributed by atoms with Crippen LogP contribution in [-0.2, 0) is 9.53 Å². The number of carbonyl (C=O) groups is 1. The molecule has 94 valence electrons. The number of H-pyrrole nitrogens is 1. The van der Waals surface area contributed by atoms with E-state index in [4.69, 9.17) is 0 Å². The van der Waals surface area contributed by atoms with Gasteiger partial charge in [0.2, 0.25) is 0 Å². The van der Waals surface area contributed by atoms with Gasteiger partial charge in [0.15, 0.2) is 0 Å². The zero-order valence-corrected chi connectivity index (χ0v) is 9.80. The number of nitrogens with zero attached hydrogens (tertiary/aromatic N) is 2. The van der Waals surface area contributed by atoms with Crippen molar-refractivity contribution in [1.29, 1.82) is 0 Å². The molecule has 7 heteroatoms. The molecule has 2 aromatic heterocycles. The average molecular weight is 247 g/mol. The molecule has 0 aliphatic rings. The number of anilines is 3. The van der Waals surface area contributed by atoms with Gasteiger partial charge in [0.25, 0.3) is 0 Å². The molecule has 7 nitrogen and oxygen atoms in total. The summed E-state index contributed by atoms with van der Waals surface area (Å²) in [6.07, 6.45) is 3.21. The van der Waals surface area contributed by atoms with E-state index in [-0.39, 0.29) is 12.5 Å². The molecular formula is C11H13N5O2. The second-order valence-corrected chi connectivity index (χ2v) is 3.43. The molecule has 0 saturated carbocycles. The highest BCUT2D eigenvalue weighted by atomic mass is 16.5. The molecule has 0 aliphatic heterocycles. The van der Waals surface area contributed by atoms with Crippen molar-refractivity contribution in [1.82, 2.24) is 15.0 Å². The number of rotatable bonds is 5. The van der Waals surface area contributed by atoms with E-state index in [0.717, 1.165) is 5.82 Å². The highest BCUT2D eigenvalue weighted by Gasteiger charge is 2.02. The van der Waals surface area contributed by atoms with Crippen LogP contribution >= 0.6 is 0 Å². The monoisotopic (exact) mass is 247 g/mol. The summed E-state index contributed by atoms with van der Waals surface area (Å²) in [6.45, 7) is 0.0649. The molecule has 2 heterocycles. The molecule has 0 aliphatic carbocycles. The molecule has 0 unspecified atom stereocenters. The van der Waals surface area contributed by atoms with Crippen molar-refractivity contribution >= 4 is 23.4 Å². The van der Waals surface area contributed by atoms with Crippen LogP contribution in [0.1, 0.15) is 0 Å². The lowest BCUT2D eigenvalue weighted by atomic mass is 10.5. The summed E-state index contributed by atoms with van der Waals surface area (Å²) in [4.78, 5) is 22.0. The molecule has 2 aromatic rings. The van der Waals surface area contributed by atoms with Gasteiger partial charge in [-0.3, -0.25) is 4.79 Å². The number of hydrogen-bond acceptors (Lipinski definition) is 6. The molecule has 2 rings (SSSR count). The zero-order chi connectivity index (χ0) is 12.8. The summed E-state index contributed by atoms with van der Waals surface area (Å²) >= 11 is 0. The molecule has 0 saturated heterocycles. The maximum Gasteiger partial charge on any atom is 0.325 e. The van der Waals surface area contributed by atoms with E-state index in [1.54, 1.807) is 12.3 Å². The standard InChI is InChI=1S/C11H13N5O2/c1-18-11(17)6-13-9-5-10(15-7-14-9)16-8-3-2-4-12-8/h2-5,7,12H,6H2,1H3,(H2,13,14,15,16). The fourth-order valence-corrected chi connectivity index (χ4v) is 1.30. The van der Waals surface area contributed by atoms with Crippen LogP contribution < -0.4 is 10.6 Å². The van der Waals surface area contributed by atoms with E-state index < -0.39 is 0 Å². The Morgan fingerprint density at radius 2 is 2.28 bits per heavy atom. The Labute approximate surface area is 104 Å². The molecule has 0 spiro atoms.